The van der Waals surface area contributed by atoms with Gasteiger partial charge in [-0.3, -0.25) is 9.59 Å². The molecule has 148 valence electrons. The molecule has 3 rings (SSSR count). The molecule has 0 unspecified atom stereocenters. The molecule has 0 spiro atoms. The summed E-state index contributed by atoms with van der Waals surface area (Å²) < 4.78 is 5.10. The zero-order valence-electron chi connectivity index (χ0n) is 15.8. The Morgan fingerprint density at radius 2 is 1.79 bits per heavy atom. The average molecular weight is 408 g/mol. The fraction of sp³-hybridized carbons (Fsp3) is 0.136. The first-order valence-electron chi connectivity index (χ1n) is 8.99. The minimum atomic E-state index is -0.639. The number of amides is 2. The summed E-state index contributed by atoms with van der Waals surface area (Å²) >= 11 is 1.33. The molecule has 2 amide bonds. The second-order valence-corrected chi connectivity index (χ2v) is 7.24. The topological polar surface area (TPSA) is 84.5 Å². The third-order valence-corrected chi connectivity index (χ3v) is 4.98. The van der Waals surface area contributed by atoms with E-state index in [1.807, 2.05) is 42.6 Å². The summed E-state index contributed by atoms with van der Waals surface area (Å²) in [6.07, 6.45) is 0. The maximum Gasteiger partial charge on any atom is 0.338 e. The highest BCUT2D eigenvalue weighted by Gasteiger charge is 2.14. The minimum absolute atomic E-state index is 0.196. The van der Waals surface area contributed by atoms with Crippen molar-refractivity contribution in [1.29, 1.82) is 0 Å². The highest BCUT2D eigenvalue weighted by Crippen LogP contribution is 2.16. The van der Waals surface area contributed by atoms with Crippen molar-refractivity contribution < 1.29 is 19.1 Å². The molecule has 0 saturated heterocycles. The quantitative estimate of drug-likeness (QED) is 0.578. The number of ether oxygens (including phenoxy) is 1. The Balaban J connectivity index is 1.52. The normalized spacial score (nSPS) is 11.3. The Labute approximate surface area is 172 Å². The molecule has 0 aliphatic rings. The van der Waals surface area contributed by atoms with Gasteiger partial charge < -0.3 is 15.4 Å². The van der Waals surface area contributed by atoms with Crippen LogP contribution in [0.2, 0.25) is 0 Å². The highest BCUT2D eigenvalue weighted by molar-refractivity contribution is 7.12. The predicted octanol–water partition coefficient (Wildman–Crippen LogP) is 4.03. The second kappa shape index (κ2) is 9.66. The summed E-state index contributed by atoms with van der Waals surface area (Å²) in [7, 11) is 0. The summed E-state index contributed by atoms with van der Waals surface area (Å²) in [5.74, 6) is -1.28. The molecular weight excluding hydrogens is 388 g/mol. The molecule has 1 aromatic heterocycles. The summed E-state index contributed by atoms with van der Waals surface area (Å²) in [6.45, 7) is 1.47. The molecule has 0 fully saturated rings. The van der Waals surface area contributed by atoms with Crippen molar-refractivity contribution >= 4 is 34.8 Å². The summed E-state index contributed by atoms with van der Waals surface area (Å²) in [6, 6.07) is 19.2. The molecule has 0 aliphatic heterocycles. The van der Waals surface area contributed by atoms with Gasteiger partial charge in [0.15, 0.2) is 6.61 Å². The SMILES string of the molecule is C[C@H](NC(=O)COC(=O)c1cccc(NC(=O)c2cccs2)c1)c1ccccc1. The van der Waals surface area contributed by atoms with Crippen LogP contribution >= 0.6 is 11.3 Å². The van der Waals surface area contributed by atoms with Crippen LogP contribution in [0.15, 0.2) is 72.1 Å². The fourth-order valence-electron chi connectivity index (χ4n) is 2.65. The van der Waals surface area contributed by atoms with Gasteiger partial charge in [0, 0.05) is 5.69 Å². The Bertz CT molecular complexity index is 987. The average Bonchev–Trinajstić information content (AvgIpc) is 3.28. The van der Waals surface area contributed by atoms with Gasteiger partial charge in [-0.15, -0.1) is 11.3 Å². The van der Waals surface area contributed by atoms with Gasteiger partial charge in [0.1, 0.15) is 0 Å². The van der Waals surface area contributed by atoms with E-state index >= 15 is 0 Å². The van der Waals surface area contributed by atoms with Crippen LogP contribution in [0.4, 0.5) is 5.69 Å². The zero-order chi connectivity index (χ0) is 20.6. The van der Waals surface area contributed by atoms with E-state index < -0.39 is 11.9 Å². The van der Waals surface area contributed by atoms with Crippen molar-refractivity contribution in [3.63, 3.8) is 0 Å². The number of carbonyl (C=O) groups is 3. The summed E-state index contributed by atoms with van der Waals surface area (Å²) in [4.78, 5) is 37.0. The number of hydrogen-bond acceptors (Lipinski definition) is 5. The highest BCUT2D eigenvalue weighted by atomic mass is 32.1. The molecule has 3 aromatic rings. The number of carbonyl (C=O) groups excluding carboxylic acids is 3. The third kappa shape index (κ3) is 5.76. The van der Waals surface area contributed by atoms with Crippen LogP contribution in [-0.4, -0.2) is 24.4 Å². The predicted molar refractivity (Wildman–Crippen MR) is 112 cm³/mol. The smallest absolute Gasteiger partial charge is 0.338 e. The fourth-order valence-corrected chi connectivity index (χ4v) is 3.27. The van der Waals surface area contributed by atoms with Crippen molar-refractivity contribution in [2.75, 3.05) is 11.9 Å². The zero-order valence-corrected chi connectivity index (χ0v) is 16.6. The first-order chi connectivity index (χ1) is 14.0. The van der Waals surface area contributed by atoms with Crippen molar-refractivity contribution in [1.82, 2.24) is 5.32 Å². The number of anilines is 1. The van der Waals surface area contributed by atoms with Crippen molar-refractivity contribution in [2.45, 2.75) is 13.0 Å². The molecule has 6 nitrogen and oxygen atoms in total. The molecule has 29 heavy (non-hydrogen) atoms. The molecule has 2 aromatic carbocycles. The monoisotopic (exact) mass is 408 g/mol. The van der Waals surface area contributed by atoms with E-state index in [-0.39, 0.29) is 24.1 Å². The van der Waals surface area contributed by atoms with E-state index in [4.69, 9.17) is 4.74 Å². The van der Waals surface area contributed by atoms with Crippen LogP contribution in [0, 0.1) is 0 Å². The minimum Gasteiger partial charge on any atom is -0.452 e. The lowest BCUT2D eigenvalue weighted by Gasteiger charge is -2.14. The number of benzene rings is 2. The Hall–Kier alpha value is -3.45. The van der Waals surface area contributed by atoms with Crippen LogP contribution in [0.3, 0.4) is 0 Å². The molecule has 0 radical (unpaired) electrons. The first kappa shape index (κ1) is 20.3. The van der Waals surface area contributed by atoms with Crippen molar-refractivity contribution in [2.24, 2.45) is 0 Å². The Morgan fingerprint density at radius 3 is 2.52 bits per heavy atom. The van der Waals surface area contributed by atoms with Crippen LogP contribution < -0.4 is 10.6 Å². The van der Waals surface area contributed by atoms with Crippen LogP contribution in [0.25, 0.3) is 0 Å². The number of nitrogens with one attached hydrogen (secondary N) is 2. The maximum atomic E-state index is 12.3. The van der Waals surface area contributed by atoms with E-state index in [0.717, 1.165) is 5.56 Å². The van der Waals surface area contributed by atoms with Gasteiger partial charge in [0.05, 0.1) is 16.5 Å². The van der Waals surface area contributed by atoms with Gasteiger partial charge in [-0.2, -0.15) is 0 Å². The molecule has 7 heteroatoms. The summed E-state index contributed by atoms with van der Waals surface area (Å²) in [5, 5.41) is 7.33. The Kier molecular flexibility index (Phi) is 6.76. The number of rotatable bonds is 7. The van der Waals surface area contributed by atoms with Crippen LogP contribution in [-0.2, 0) is 9.53 Å². The van der Waals surface area contributed by atoms with Gasteiger partial charge in [-0.1, -0.05) is 42.5 Å². The Morgan fingerprint density at radius 1 is 1.00 bits per heavy atom. The molecule has 0 bridgehead atoms. The standard InChI is InChI=1S/C22H20N2O4S/c1-15(16-7-3-2-4-8-16)23-20(25)14-28-22(27)17-9-5-10-18(13-17)24-21(26)19-11-6-12-29-19/h2-13,15H,14H2,1H3,(H,23,25)(H,24,26)/t15-/m0/s1. The lowest BCUT2D eigenvalue weighted by atomic mass is 10.1. The van der Waals surface area contributed by atoms with E-state index in [1.54, 1.807) is 30.3 Å². The van der Waals surface area contributed by atoms with Crippen molar-refractivity contribution in [3.05, 3.63) is 88.1 Å². The lowest BCUT2D eigenvalue weighted by Crippen LogP contribution is -2.31. The molecule has 2 N–H and O–H groups in total. The molecule has 0 saturated carbocycles. The number of thiophene rings is 1. The largest absolute Gasteiger partial charge is 0.452 e. The van der Waals surface area contributed by atoms with Crippen LogP contribution in [0.5, 0.6) is 0 Å². The summed E-state index contributed by atoms with van der Waals surface area (Å²) in [5.41, 5.74) is 1.68. The van der Waals surface area contributed by atoms with Gasteiger partial charge in [0.2, 0.25) is 0 Å². The van der Waals surface area contributed by atoms with Gasteiger partial charge in [-0.05, 0) is 42.1 Å². The number of hydrogen-bond donors (Lipinski definition) is 2. The van der Waals surface area contributed by atoms with E-state index in [9.17, 15) is 14.4 Å². The maximum absolute atomic E-state index is 12.3. The second-order valence-electron chi connectivity index (χ2n) is 6.29. The van der Waals surface area contributed by atoms with E-state index in [1.165, 1.54) is 17.4 Å². The number of esters is 1. The molecule has 1 heterocycles. The molecular formula is C22H20N2O4S. The third-order valence-electron chi connectivity index (χ3n) is 4.11. The lowest BCUT2D eigenvalue weighted by molar-refractivity contribution is -0.124. The van der Waals surface area contributed by atoms with Gasteiger partial charge in [0.25, 0.3) is 11.8 Å². The van der Waals surface area contributed by atoms with E-state index in [2.05, 4.69) is 10.6 Å². The van der Waals surface area contributed by atoms with Gasteiger partial charge in [-0.25, -0.2) is 4.79 Å². The molecule has 0 aliphatic carbocycles. The van der Waals surface area contributed by atoms with Crippen LogP contribution in [0.1, 0.15) is 38.6 Å². The van der Waals surface area contributed by atoms with E-state index in [0.29, 0.717) is 10.6 Å². The first-order valence-corrected chi connectivity index (χ1v) is 9.87. The van der Waals surface area contributed by atoms with Crippen molar-refractivity contribution in [3.8, 4) is 0 Å². The van der Waals surface area contributed by atoms with Gasteiger partial charge >= 0.3 is 5.97 Å². The molecule has 1 atom stereocenters.